The molecule has 4 heteroatoms. The van der Waals surface area contributed by atoms with E-state index in [0.717, 1.165) is 35.5 Å². The van der Waals surface area contributed by atoms with Crippen LogP contribution in [0.15, 0.2) is 42.5 Å². The lowest BCUT2D eigenvalue weighted by molar-refractivity contribution is 0.0697. The summed E-state index contributed by atoms with van der Waals surface area (Å²) in [6, 6.07) is 12.9. The van der Waals surface area contributed by atoms with Gasteiger partial charge in [0.15, 0.2) is 0 Å². The molecule has 0 bridgehead atoms. The maximum absolute atomic E-state index is 10.9. The van der Waals surface area contributed by atoms with Crippen LogP contribution in [0.2, 0.25) is 0 Å². The molecule has 0 aliphatic heterocycles. The summed E-state index contributed by atoms with van der Waals surface area (Å²) in [5.41, 5.74) is 2.56. The number of benzene rings is 2. The van der Waals surface area contributed by atoms with Crippen LogP contribution in [0.5, 0.6) is 11.5 Å². The van der Waals surface area contributed by atoms with E-state index < -0.39 is 5.97 Å². The number of aryl methyl sites for hydroxylation is 1. The summed E-state index contributed by atoms with van der Waals surface area (Å²) in [6.07, 6.45) is 1.75. The molecule has 0 aliphatic carbocycles. The molecule has 0 aliphatic rings. The molecule has 2 aromatic carbocycles. The average Bonchev–Trinajstić information content (AvgIpc) is 2.61. The molecule has 0 saturated heterocycles. The van der Waals surface area contributed by atoms with Crippen molar-refractivity contribution in [3.8, 4) is 11.5 Å². The number of rotatable bonds is 8. The third-order valence-corrected chi connectivity index (χ3v) is 4.18. The molecule has 0 amide bonds. The zero-order valence-corrected chi connectivity index (χ0v) is 14.4. The van der Waals surface area contributed by atoms with Crippen LogP contribution in [-0.4, -0.2) is 24.8 Å². The van der Waals surface area contributed by atoms with E-state index in [1.807, 2.05) is 30.3 Å². The normalized spacial score (nSPS) is 11.8. The van der Waals surface area contributed by atoms with Crippen LogP contribution in [0.4, 0.5) is 0 Å². The first-order valence-corrected chi connectivity index (χ1v) is 8.18. The van der Waals surface area contributed by atoms with Crippen LogP contribution in [0.1, 0.15) is 47.7 Å². The molecule has 4 nitrogen and oxygen atoms in total. The van der Waals surface area contributed by atoms with Gasteiger partial charge >= 0.3 is 5.97 Å². The Bertz CT molecular complexity index is 677. The van der Waals surface area contributed by atoms with Gasteiger partial charge in [0.1, 0.15) is 11.5 Å². The predicted octanol–water partition coefficient (Wildman–Crippen LogP) is 4.53. The van der Waals surface area contributed by atoms with Gasteiger partial charge in [0.25, 0.3) is 0 Å². The average molecular weight is 328 g/mol. The Hall–Kier alpha value is -2.49. The Morgan fingerprint density at radius 2 is 1.88 bits per heavy atom. The van der Waals surface area contributed by atoms with Crippen molar-refractivity contribution in [2.24, 2.45) is 0 Å². The third-order valence-electron chi connectivity index (χ3n) is 4.18. The Morgan fingerprint density at radius 1 is 1.17 bits per heavy atom. The van der Waals surface area contributed by atoms with E-state index in [4.69, 9.17) is 14.6 Å². The van der Waals surface area contributed by atoms with Gasteiger partial charge in [-0.3, -0.25) is 0 Å². The molecule has 1 N–H and O–H groups in total. The summed E-state index contributed by atoms with van der Waals surface area (Å²) in [4.78, 5) is 10.9. The second-order valence-corrected chi connectivity index (χ2v) is 5.79. The molecule has 128 valence electrons. The first-order valence-electron chi connectivity index (χ1n) is 8.18. The fraction of sp³-hybridized carbons (Fsp3) is 0.350. The lowest BCUT2D eigenvalue weighted by Gasteiger charge is -2.15. The molecule has 2 aromatic rings. The standard InChI is InChI=1S/C20H24O4/c1-4-15-13-18(23-3)9-10-19(15)24-12-11-14(2)16-5-7-17(8-6-16)20(21)22/h5-10,13-14H,4,11-12H2,1-3H3,(H,21,22). The zero-order valence-electron chi connectivity index (χ0n) is 14.4. The van der Waals surface area contributed by atoms with Crippen LogP contribution in [0, 0.1) is 0 Å². The highest BCUT2D eigenvalue weighted by Gasteiger charge is 2.09. The number of carbonyl (C=O) groups is 1. The van der Waals surface area contributed by atoms with Crippen LogP contribution in [0.3, 0.4) is 0 Å². The summed E-state index contributed by atoms with van der Waals surface area (Å²) in [6.45, 7) is 4.82. The number of carboxylic acids is 1. The third kappa shape index (κ3) is 4.51. The van der Waals surface area contributed by atoms with E-state index in [2.05, 4.69) is 13.8 Å². The van der Waals surface area contributed by atoms with Gasteiger partial charge in [0.05, 0.1) is 19.3 Å². The molecule has 0 spiro atoms. The number of hydrogen-bond acceptors (Lipinski definition) is 3. The van der Waals surface area contributed by atoms with Crippen LogP contribution in [0.25, 0.3) is 0 Å². The largest absolute Gasteiger partial charge is 0.497 e. The first-order chi connectivity index (χ1) is 11.5. The van der Waals surface area contributed by atoms with E-state index in [-0.39, 0.29) is 0 Å². The molecule has 0 fully saturated rings. The van der Waals surface area contributed by atoms with Crippen molar-refractivity contribution < 1.29 is 19.4 Å². The van der Waals surface area contributed by atoms with Gasteiger partial charge in [0.2, 0.25) is 0 Å². The van der Waals surface area contributed by atoms with Gasteiger partial charge in [0, 0.05) is 0 Å². The van der Waals surface area contributed by atoms with Crippen molar-refractivity contribution in [1.29, 1.82) is 0 Å². The number of carboxylic acid groups (broad SMARTS) is 1. The minimum Gasteiger partial charge on any atom is -0.497 e. The van der Waals surface area contributed by atoms with Gasteiger partial charge in [-0.1, -0.05) is 26.0 Å². The predicted molar refractivity (Wildman–Crippen MR) is 94.3 cm³/mol. The summed E-state index contributed by atoms with van der Waals surface area (Å²) in [7, 11) is 1.66. The smallest absolute Gasteiger partial charge is 0.335 e. The summed E-state index contributed by atoms with van der Waals surface area (Å²) in [5.74, 6) is 1.14. The topological polar surface area (TPSA) is 55.8 Å². The minimum absolute atomic E-state index is 0.302. The maximum atomic E-state index is 10.9. The molecule has 1 unspecified atom stereocenters. The SMILES string of the molecule is CCc1cc(OC)ccc1OCCC(C)c1ccc(C(=O)O)cc1. The van der Waals surface area contributed by atoms with Gasteiger partial charge in [-0.15, -0.1) is 0 Å². The molecular formula is C20H24O4. The Labute approximate surface area is 143 Å². The van der Waals surface area contributed by atoms with E-state index in [1.165, 1.54) is 0 Å². The summed E-state index contributed by atoms with van der Waals surface area (Å²) >= 11 is 0. The summed E-state index contributed by atoms with van der Waals surface area (Å²) in [5, 5.41) is 8.94. The van der Waals surface area contributed by atoms with Gasteiger partial charge < -0.3 is 14.6 Å². The molecule has 2 rings (SSSR count). The Morgan fingerprint density at radius 3 is 2.46 bits per heavy atom. The molecule has 24 heavy (non-hydrogen) atoms. The van der Waals surface area contributed by atoms with Crippen molar-refractivity contribution in [2.75, 3.05) is 13.7 Å². The monoisotopic (exact) mass is 328 g/mol. The molecule has 0 saturated carbocycles. The molecule has 0 radical (unpaired) electrons. The van der Waals surface area contributed by atoms with Gasteiger partial charge in [-0.05, 0) is 60.2 Å². The number of ether oxygens (including phenoxy) is 2. The van der Waals surface area contributed by atoms with Crippen molar-refractivity contribution >= 4 is 5.97 Å². The summed E-state index contributed by atoms with van der Waals surface area (Å²) < 4.78 is 11.2. The Balaban J connectivity index is 1.92. The van der Waals surface area contributed by atoms with Crippen molar-refractivity contribution in [3.63, 3.8) is 0 Å². The fourth-order valence-corrected chi connectivity index (χ4v) is 2.57. The van der Waals surface area contributed by atoms with E-state index in [9.17, 15) is 4.79 Å². The highest BCUT2D eigenvalue weighted by Crippen LogP contribution is 2.26. The van der Waals surface area contributed by atoms with Gasteiger partial charge in [-0.25, -0.2) is 4.79 Å². The second-order valence-electron chi connectivity index (χ2n) is 5.79. The van der Waals surface area contributed by atoms with Gasteiger partial charge in [-0.2, -0.15) is 0 Å². The quantitative estimate of drug-likeness (QED) is 0.773. The van der Waals surface area contributed by atoms with Crippen molar-refractivity contribution in [2.45, 2.75) is 32.6 Å². The maximum Gasteiger partial charge on any atom is 0.335 e. The fourth-order valence-electron chi connectivity index (χ4n) is 2.57. The first kappa shape index (κ1) is 17.9. The lowest BCUT2D eigenvalue weighted by atomic mass is 9.97. The molecule has 0 heterocycles. The second kappa shape index (κ2) is 8.39. The minimum atomic E-state index is -0.899. The molecule has 1 atom stereocenters. The van der Waals surface area contributed by atoms with E-state index >= 15 is 0 Å². The number of hydrogen-bond donors (Lipinski definition) is 1. The van der Waals surface area contributed by atoms with Crippen LogP contribution in [-0.2, 0) is 6.42 Å². The van der Waals surface area contributed by atoms with Crippen LogP contribution < -0.4 is 9.47 Å². The highest BCUT2D eigenvalue weighted by molar-refractivity contribution is 5.87. The number of aromatic carboxylic acids is 1. The van der Waals surface area contributed by atoms with E-state index in [0.29, 0.717) is 18.1 Å². The molecular weight excluding hydrogens is 304 g/mol. The highest BCUT2D eigenvalue weighted by atomic mass is 16.5. The van der Waals surface area contributed by atoms with Crippen molar-refractivity contribution in [1.82, 2.24) is 0 Å². The number of methoxy groups -OCH3 is 1. The molecule has 0 aromatic heterocycles. The lowest BCUT2D eigenvalue weighted by Crippen LogP contribution is -2.05. The zero-order chi connectivity index (χ0) is 17.5. The van der Waals surface area contributed by atoms with Crippen molar-refractivity contribution in [3.05, 3.63) is 59.2 Å². The van der Waals surface area contributed by atoms with E-state index in [1.54, 1.807) is 19.2 Å². The van der Waals surface area contributed by atoms with Crippen LogP contribution >= 0.6 is 0 Å². The Kier molecular flexibility index (Phi) is 6.24.